The summed E-state index contributed by atoms with van der Waals surface area (Å²) in [6, 6.07) is 33.6. The van der Waals surface area contributed by atoms with Gasteiger partial charge in [-0.3, -0.25) is 4.79 Å². The molecular weight excluding hydrogens is 468 g/mol. The van der Waals surface area contributed by atoms with Crippen LogP contribution in [0.2, 0.25) is 0 Å². The van der Waals surface area contributed by atoms with E-state index in [9.17, 15) is 4.79 Å². The Morgan fingerprint density at radius 2 is 1.61 bits per heavy atom. The summed E-state index contributed by atoms with van der Waals surface area (Å²) >= 11 is 0. The van der Waals surface area contributed by atoms with Crippen molar-refractivity contribution in [3.63, 3.8) is 0 Å². The van der Waals surface area contributed by atoms with E-state index in [0.29, 0.717) is 6.54 Å². The van der Waals surface area contributed by atoms with Crippen LogP contribution in [0, 0.1) is 0 Å². The fraction of sp³-hybridized carbons (Fsp3) is 0.324. The fourth-order valence-electron chi connectivity index (χ4n) is 6.31. The first kappa shape index (κ1) is 24.8. The number of carbonyl (C=O) groups excluding carboxylic acids is 1. The third-order valence-electron chi connectivity index (χ3n) is 8.58. The van der Waals surface area contributed by atoms with E-state index in [0.717, 1.165) is 51.1 Å². The molecule has 4 aromatic rings. The summed E-state index contributed by atoms with van der Waals surface area (Å²) in [6.45, 7) is 4.53. The molecule has 2 aliphatic heterocycles. The highest BCUT2D eigenvalue weighted by atomic mass is 16.5. The molecule has 194 valence electrons. The lowest BCUT2D eigenvalue weighted by Crippen LogP contribution is -2.43. The fourth-order valence-corrected chi connectivity index (χ4v) is 6.31. The first-order chi connectivity index (χ1) is 18.6. The van der Waals surface area contributed by atoms with Crippen molar-refractivity contribution in [1.29, 1.82) is 0 Å². The molecule has 0 saturated carbocycles. The van der Waals surface area contributed by atoms with Crippen LogP contribution in [0.1, 0.15) is 52.2 Å². The Hall–Kier alpha value is -3.47. The highest BCUT2D eigenvalue weighted by Gasteiger charge is 2.42. The van der Waals surface area contributed by atoms with Crippen LogP contribution < -0.4 is 0 Å². The number of carbonyl (C=O) groups is 1. The molecule has 1 unspecified atom stereocenters. The normalized spacial score (nSPS) is 17.4. The van der Waals surface area contributed by atoms with Gasteiger partial charge in [0, 0.05) is 38.2 Å². The Balaban J connectivity index is 1.16. The number of fused-ring (bicyclic) bond motifs is 3. The molecule has 1 fully saturated rings. The quantitative estimate of drug-likeness (QED) is 0.284. The zero-order valence-corrected chi connectivity index (χ0v) is 22.2. The maximum atomic E-state index is 13.2. The average molecular weight is 505 g/mol. The Bertz CT molecular complexity index is 1410. The SMILES string of the molecule is CN(CC(CCN1CCC2(CC1)OCc1ccccc12)c1ccc2ccccc2c1)C(=O)c1ccccc1. The molecule has 0 bridgehead atoms. The topological polar surface area (TPSA) is 32.8 Å². The third-order valence-corrected chi connectivity index (χ3v) is 8.58. The highest BCUT2D eigenvalue weighted by Crippen LogP contribution is 2.44. The van der Waals surface area contributed by atoms with E-state index in [4.69, 9.17) is 4.74 Å². The summed E-state index contributed by atoms with van der Waals surface area (Å²) < 4.78 is 6.39. The summed E-state index contributed by atoms with van der Waals surface area (Å²) in [5.74, 6) is 0.338. The van der Waals surface area contributed by atoms with Crippen molar-refractivity contribution in [2.75, 3.05) is 33.2 Å². The largest absolute Gasteiger partial charge is 0.365 e. The maximum Gasteiger partial charge on any atom is 0.253 e. The van der Waals surface area contributed by atoms with Crippen molar-refractivity contribution >= 4 is 16.7 Å². The van der Waals surface area contributed by atoms with Crippen LogP contribution in [0.4, 0.5) is 0 Å². The van der Waals surface area contributed by atoms with E-state index in [1.807, 2.05) is 42.3 Å². The van der Waals surface area contributed by atoms with Gasteiger partial charge in [-0.1, -0.05) is 84.9 Å². The number of hydrogen-bond donors (Lipinski definition) is 0. The molecule has 1 atom stereocenters. The Morgan fingerprint density at radius 1 is 0.895 bits per heavy atom. The van der Waals surface area contributed by atoms with Crippen LogP contribution in [0.3, 0.4) is 0 Å². The van der Waals surface area contributed by atoms with Crippen LogP contribution in [-0.4, -0.2) is 48.9 Å². The summed E-state index contributed by atoms with van der Waals surface area (Å²) in [7, 11) is 1.93. The van der Waals surface area contributed by atoms with Crippen molar-refractivity contribution in [3.8, 4) is 0 Å². The third kappa shape index (κ3) is 4.99. The highest BCUT2D eigenvalue weighted by molar-refractivity contribution is 5.94. The van der Waals surface area contributed by atoms with Crippen molar-refractivity contribution in [2.45, 2.75) is 37.4 Å². The van der Waals surface area contributed by atoms with E-state index in [-0.39, 0.29) is 17.4 Å². The predicted molar refractivity (Wildman–Crippen MR) is 153 cm³/mol. The molecule has 4 nitrogen and oxygen atoms in total. The van der Waals surface area contributed by atoms with Gasteiger partial charge in [0.2, 0.25) is 0 Å². The number of nitrogens with zero attached hydrogens (tertiary/aromatic N) is 2. The van der Waals surface area contributed by atoms with Gasteiger partial charge in [-0.2, -0.15) is 0 Å². The van der Waals surface area contributed by atoms with Gasteiger partial charge in [-0.05, 0) is 65.4 Å². The number of ether oxygens (including phenoxy) is 1. The molecule has 6 rings (SSSR count). The molecule has 0 aliphatic carbocycles. The molecule has 1 amide bonds. The van der Waals surface area contributed by atoms with Gasteiger partial charge in [0.1, 0.15) is 0 Å². The second-order valence-electron chi connectivity index (χ2n) is 10.9. The first-order valence-corrected chi connectivity index (χ1v) is 13.9. The minimum Gasteiger partial charge on any atom is -0.365 e. The monoisotopic (exact) mass is 504 g/mol. The lowest BCUT2D eigenvalue weighted by atomic mass is 9.83. The van der Waals surface area contributed by atoms with Crippen molar-refractivity contribution in [3.05, 3.63) is 119 Å². The number of rotatable bonds is 7. The molecule has 4 heteroatoms. The van der Waals surface area contributed by atoms with Gasteiger partial charge in [0.25, 0.3) is 5.91 Å². The molecule has 0 N–H and O–H groups in total. The van der Waals surface area contributed by atoms with Crippen LogP contribution in [0.15, 0.2) is 97.1 Å². The minimum atomic E-state index is -0.104. The van der Waals surface area contributed by atoms with Crippen molar-refractivity contribution < 1.29 is 9.53 Å². The number of benzene rings is 4. The van der Waals surface area contributed by atoms with E-state index in [1.54, 1.807) is 0 Å². The van der Waals surface area contributed by atoms with Gasteiger partial charge in [0.05, 0.1) is 12.2 Å². The molecule has 4 aromatic carbocycles. The van der Waals surface area contributed by atoms with Gasteiger partial charge >= 0.3 is 0 Å². The lowest BCUT2D eigenvalue weighted by molar-refractivity contribution is -0.0790. The van der Waals surface area contributed by atoms with E-state index >= 15 is 0 Å². The Labute approximate surface area is 225 Å². The second-order valence-corrected chi connectivity index (χ2v) is 10.9. The molecular formula is C34H36N2O2. The van der Waals surface area contributed by atoms with Crippen LogP contribution >= 0.6 is 0 Å². The summed E-state index contributed by atoms with van der Waals surface area (Å²) in [5, 5.41) is 2.51. The Kier molecular flexibility index (Phi) is 7.01. The number of likely N-dealkylation sites (tertiary alicyclic amines) is 1. The number of hydrogen-bond acceptors (Lipinski definition) is 3. The molecule has 1 saturated heterocycles. The smallest absolute Gasteiger partial charge is 0.253 e. The number of amides is 1. The summed E-state index contributed by atoms with van der Waals surface area (Å²) in [5.41, 5.74) is 4.69. The lowest BCUT2D eigenvalue weighted by Gasteiger charge is -2.40. The minimum absolute atomic E-state index is 0.0772. The van der Waals surface area contributed by atoms with Crippen LogP contribution in [0.5, 0.6) is 0 Å². The van der Waals surface area contributed by atoms with E-state index in [2.05, 4.69) is 71.6 Å². The summed E-state index contributed by atoms with van der Waals surface area (Å²) in [6.07, 6.45) is 3.09. The summed E-state index contributed by atoms with van der Waals surface area (Å²) in [4.78, 5) is 17.7. The number of piperidine rings is 1. The second kappa shape index (κ2) is 10.7. The zero-order chi connectivity index (χ0) is 26.0. The molecule has 0 aromatic heterocycles. The molecule has 1 spiro atoms. The van der Waals surface area contributed by atoms with Gasteiger partial charge in [-0.25, -0.2) is 0 Å². The maximum absolute atomic E-state index is 13.2. The average Bonchev–Trinajstić information content (AvgIpc) is 3.33. The van der Waals surface area contributed by atoms with Crippen LogP contribution in [0.25, 0.3) is 10.8 Å². The molecule has 38 heavy (non-hydrogen) atoms. The van der Waals surface area contributed by atoms with Crippen molar-refractivity contribution in [2.24, 2.45) is 0 Å². The van der Waals surface area contributed by atoms with E-state index in [1.165, 1.54) is 27.5 Å². The number of likely N-dealkylation sites (N-methyl/N-ethyl adjacent to an activating group) is 1. The van der Waals surface area contributed by atoms with Gasteiger partial charge in [0.15, 0.2) is 0 Å². The zero-order valence-electron chi connectivity index (χ0n) is 22.2. The standard InChI is InChI=1S/C34H36N2O2/c1-35(33(37)27-10-3-2-4-11-27)24-30(29-16-15-26-9-5-6-12-28(26)23-29)17-20-36-21-18-34(19-22-36)32-14-8-7-13-31(32)25-38-34/h2-16,23,30H,17-22,24-25H2,1H3. The van der Waals surface area contributed by atoms with Gasteiger partial charge < -0.3 is 14.5 Å². The Morgan fingerprint density at radius 3 is 2.42 bits per heavy atom. The molecule has 0 radical (unpaired) electrons. The van der Waals surface area contributed by atoms with Gasteiger partial charge in [-0.15, -0.1) is 0 Å². The molecule has 2 aliphatic rings. The first-order valence-electron chi connectivity index (χ1n) is 13.9. The van der Waals surface area contributed by atoms with E-state index < -0.39 is 0 Å². The predicted octanol–water partition coefficient (Wildman–Crippen LogP) is 6.61. The molecule has 2 heterocycles. The van der Waals surface area contributed by atoms with Crippen LogP contribution in [-0.2, 0) is 16.9 Å². The van der Waals surface area contributed by atoms with Crippen molar-refractivity contribution in [1.82, 2.24) is 9.80 Å².